The number of nitrogens with one attached hydrogen (secondary N) is 3. The zero-order valence-electron chi connectivity index (χ0n) is 16.3. The first-order chi connectivity index (χ1) is 15.1. The average Bonchev–Trinajstić information content (AvgIpc) is 3.44. The molecule has 0 fully saturated rings. The van der Waals surface area contributed by atoms with Crippen LogP contribution in [0, 0.1) is 0 Å². The summed E-state index contributed by atoms with van der Waals surface area (Å²) in [5.41, 5.74) is 2.53. The smallest absolute Gasteiger partial charge is 0.412 e. The Bertz CT molecular complexity index is 1230. The molecule has 12 heteroatoms. The highest BCUT2D eigenvalue weighted by Gasteiger charge is 2.14. The van der Waals surface area contributed by atoms with Crippen LogP contribution in [0.25, 0.3) is 21.5 Å². The number of anilines is 3. The van der Waals surface area contributed by atoms with Gasteiger partial charge in [-0.2, -0.15) is 5.10 Å². The second kappa shape index (κ2) is 9.25. The predicted octanol–water partition coefficient (Wildman–Crippen LogP) is 4.32. The van der Waals surface area contributed by atoms with Crippen molar-refractivity contribution in [2.75, 3.05) is 17.2 Å². The fourth-order valence-electron chi connectivity index (χ4n) is 2.78. The first kappa shape index (κ1) is 21.0. The van der Waals surface area contributed by atoms with Crippen LogP contribution in [0.3, 0.4) is 0 Å². The number of hydrogen-bond acceptors (Lipinski definition) is 9. The molecule has 1 aromatic carbocycles. The van der Waals surface area contributed by atoms with E-state index in [1.54, 1.807) is 18.3 Å². The number of fused-ring (bicyclic) bond motifs is 1. The molecule has 1 amide bonds. The van der Waals surface area contributed by atoms with E-state index >= 15 is 0 Å². The minimum Gasteiger partial charge on any atom is -0.449 e. The first-order valence-corrected chi connectivity index (χ1v) is 10.5. The molecule has 0 bridgehead atoms. The number of aliphatic hydroxyl groups is 1. The van der Waals surface area contributed by atoms with Crippen molar-refractivity contribution in [1.29, 1.82) is 0 Å². The molecule has 3 heterocycles. The Hall–Kier alpha value is -3.28. The number of pyridine rings is 1. The molecular weight excluding hydrogens is 442 g/mol. The van der Waals surface area contributed by atoms with Crippen LogP contribution in [-0.2, 0) is 11.3 Å². The van der Waals surface area contributed by atoms with Gasteiger partial charge < -0.3 is 15.2 Å². The average molecular weight is 460 g/mol. The highest BCUT2D eigenvalue weighted by atomic mass is 35.5. The molecule has 0 saturated carbocycles. The van der Waals surface area contributed by atoms with Gasteiger partial charge in [0.2, 0.25) is 5.13 Å². The zero-order chi connectivity index (χ0) is 21.8. The summed E-state index contributed by atoms with van der Waals surface area (Å²) >= 11 is 7.74. The molecule has 0 aliphatic heterocycles. The van der Waals surface area contributed by atoms with Gasteiger partial charge in [0.05, 0.1) is 41.3 Å². The van der Waals surface area contributed by atoms with Crippen molar-refractivity contribution >= 4 is 56.6 Å². The summed E-state index contributed by atoms with van der Waals surface area (Å²) in [5, 5.41) is 32.9. The largest absolute Gasteiger partial charge is 0.449 e. The summed E-state index contributed by atoms with van der Waals surface area (Å²) in [6.45, 7) is 1.91. The van der Waals surface area contributed by atoms with E-state index in [0.717, 1.165) is 10.9 Å². The van der Waals surface area contributed by atoms with Gasteiger partial charge in [0, 0.05) is 10.9 Å². The zero-order valence-corrected chi connectivity index (χ0v) is 17.9. The number of aromatic nitrogens is 5. The molecule has 0 atom stereocenters. The third-order valence-electron chi connectivity index (χ3n) is 4.18. The molecule has 3 aromatic heterocycles. The van der Waals surface area contributed by atoms with Crippen LogP contribution in [0.1, 0.15) is 19.0 Å². The van der Waals surface area contributed by atoms with Gasteiger partial charge in [-0.05, 0) is 30.7 Å². The maximum atomic E-state index is 11.8. The number of halogens is 1. The van der Waals surface area contributed by atoms with Crippen LogP contribution >= 0.6 is 22.9 Å². The fraction of sp³-hybridized carbons (Fsp3) is 0.211. The number of nitrogens with zero attached hydrogens (tertiary/aromatic N) is 4. The van der Waals surface area contributed by atoms with Gasteiger partial charge in [-0.3, -0.25) is 10.4 Å². The molecule has 0 spiro atoms. The molecule has 4 N–H and O–H groups in total. The van der Waals surface area contributed by atoms with Gasteiger partial charge >= 0.3 is 6.09 Å². The first-order valence-electron chi connectivity index (χ1n) is 9.35. The van der Waals surface area contributed by atoms with E-state index in [4.69, 9.17) is 16.3 Å². The summed E-state index contributed by atoms with van der Waals surface area (Å²) in [5.74, 6) is 0.251. The molecule has 0 saturated heterocycles. The highest BCUT2D eigenvalue weighted by Crippen LogP contribution is 2.34. The minimum absolute atomic E-state index is 0.251. The van der Waals surface area contributed by atoms with Gasteiger partial charge in [0.25, 0.3) is 0 Å². The van der Waals surface area contributed by atoms with Gasteiger partial charge in [-0.15, -0.1) is 10.2 Å². The molecule has 31 heavy (non-hydrogen) atoms. The number of carbonyl (C=O) groups is 1. The fourth-order valence-corrected chi connectivity index (χ4v) is 3.78. The standard InChI is InChI=1S/C19H18ClN7O3S/c1-2-5-30-19(29)24-15-7-10(6-11(9-28)22-15)17-26-27-18(31-17)23-14-4-3-13-12(16(14)20)8-21-25-13/h3-4,6-8,28H,2,5,9H2,1H3,(H,21,25)(H,23,27)(H,22,24,29). The quantitative estimate of drug-likeness (QED) is 0.320. The maximum absolute atomic E-state index is 11.8. The molecule has 0 radical (unpaired) electrons. The van der Waals surface area contributed by atoms with E-state index in [1.165, 1.54) is 11.3 Å². The monoisotopic (exact) mass is 459 g/mol. The topological polar surface area (TPSA) is 138 Å². The SMILES string of the molecule is CCCOC(=O)Nc1cc(-c2nnc(Nc3ccc4[nH]ncc4c3Cl)s2)cc(CO)n1. The van der Waals surface area contributed by atoms with Crippen molar-refractivity contribution < 1.29 is 14.6 Å². The minimum atomic E-state index is -0.612. The Balaban J connectivity index is 1.56. The third kappa shape index (κ3) is 4.74. The Morgan fingerprint density at radius 3 is 3.00 bits per heavy atom. The molecule has 10 nitrogen and oxygen atoms in total. The molecular formula is C19H18ClN7O3S. The molecule has 0 unspecified atom stereocenters. The van der Waals surface area contributed by atoms with Crippen molar-refractivity contribution in [2.24, 2.45) is 0 Å². The second-order valence-corrected chi connectivity index (χ2v) is 7.80. The van der Waals surface area contributed by atoms with E-state index in [-0.39, 0.29) is 12.4 Å². The molecule has 4 aromatic rings. The van der Waals surface area contributed by atoms with Crippen LogP contribution in [0.5, 0.6) is 0 Å². The Morgan fingerprint density at radius 1 is 1.32 bits per heavy atom. The van der Waals surface area contributed by atoms with Crippen molar-refractivity contribution in [3.63, 3.8) is 0 Å². The third-order valence-corrected chi connectivity index (χ3v) is 5.47. The van der Waals surface area contributed by atoms with Gasteiger partial charge in [0.1, 0.15) is 10.8 Å². The Kier molecular flexibility index (Phi) is 6.26. The van der Waals surface area contributed by atoms with E-state index < -0.39 is 6.09 Å². The van der Waals surface area contributed by atoms with Crippen molar-refractivity contribution in [1.82, 2.24) is 25.4 Å². The molecule has 0 aliphatic rings. The number of carbonyl (C=O) groups excluding carboxylic acids is 1. The summed E-state index contributed by atoms with van der Waals surface area (Å²) < 4.78 is 5.01. The molecule has 160 valence electrons. The summed E-state index contributed by atoms with van der Waals surface area (Å²) in [6, 6.07) is 7.01. The number of hydrogen-bond donors (Lipinski definition) is 4. The summed E-state index contributed by atoms with van der Waals surface area (Å²) in [7, 11) is 0. The van der Waals surface area contributed by atoms with E-state index in [2.05, 4.69) is 36.0 Å². The number of aromatic amines is 1. The van der Waals surface area contributed by atoms with E-state index in [1.807, 2.05) is 19.1 Å². The lowest BCUT2D eigenvalue weighted by Crippen LogP contribution is -2.15. The lowest BCUT2D eigenvalue weighted by Gasteiger charge is -2.08. The predicted molar refractivity (Wildman–Crippen MR) is 119 cm³/mol. The van der Waals surface area contributed by atoms with Gasteiger partial charge in [0.15, 0.2) is 0 Å². The summed E-state index contributed by atoms with van der Waals surface area (Å²) in [4.78, 5) is 16.0. The lowest BCUT2D eigenvalue weighted by atomic mass is 10.2. The van der Waals surface area contributed by atoms with Crippen molar-refractivity contribution in [3.8, 4) is 10.6 Å². The van der Waals surface area contributed by atoms with Crippen molar-refractivity contribution in [2.45, 2.75) is 20.0 Å². The number of amides is 1. The van der Waals surface area contributed by atoms with Crippen LogP contribution < -0.4 is 10.6 Å². The number of rotatable bonds is 7. The number of benzene rings is 1. The Labute approximate surface area is 185 Å². The lowest BCUT2D eigenvalue weighted by molar-refractivity contribution is 0.161. The van der Waals surface area contributed by atoms with Crippen LogP contribution in [0.15, 0.2) is 30.5 Å². The normalized spacial score (nSPS) is 10.9. The maximum Gasteiger partial charge on any atom is 0.412 e. The van der Waals surface area contributed by atoms with E-state index in [0.29, 0.717) is 45.1 Å². The number of H-pyrrole nitrogens is 1. The highest BCUT2D eigenvalue weighted by molar-refractivity contribution is 7.18. The number of ether oxygens (including phenoxy) is 1. The van der Waals surface area contributed by atoms with Gasteiger partial charge in [-0.25, -0.2) is 9.78 Å². The Morgan fingerprint density at radius 2 is 2.19 bits per heavy atom. The van der Waals surface area contributed by atoms with E-state index in [9.17, 15) is 9.90 Å². The van der Waals surface area contributed by atoms with Gasteiger partial charge in [-0.1, -0.05) is 29.9 Å². The molecule has 4 rings (SSSR count). The van der Waals surface area contributed by atoms with Crippen LogP contribution in [0.4, 0.5) is 21.4 Å². The van der Waals surface area contributed by atoms with Crippen molar-refractivity contribution in [3.05, 3.63) is 41.2 Å². The second-order valence-electron chi connectivity index (χ2n) is 6.45. The molecule has 0 aliphatic carbocycles. The van der Waals surface area contributed by atoms with Crippen LogP contribution in [0.2, 0.25) is 5.02 Å². The summed E-state index contributed by atoms with van der Waals surface area (Å²) in [6.07, 6.45) is 1.75. The number of aliphatic hydroxyl groups excluding tert-OH is 1. The van der Waals surface area contributed by atoms with Crippen LogP contribution in [-0.4, -0.2) is 43.2 Å².